The van der Waals surface area contributed by atoms with Crippen LogP contribution in [-0.4, -0.2) is 31.5 Å². The van der Waals surface area contributed by atoms with Crippen molar-refractivity contribution in [2.45, 2.75) is 39.5 Å². The van der Waals surface area contributed by atoms with E-state index < -0.39 is 0 Å². The summed E-state index contributed by atoms with van der Waals surface area (Å²) in [5.74, 6) is 1.04. The molecule has 2 aromatic rings. The van der Waals surface area contributed by atoms with Gasteiger partial charge in [0.05, 0.1) is 5.69 Å². The average Bonchev–Trinajstić information content (AvgIpc) is 2.85. The fraction of sp³-hybridized carbons (Fsp3) is 0.467. The number of aryl methyl sites for hydroxylation is 2. The number of hydrogen-bond donors (Lipinski definition) is 2. The van der Waals surface area contributed by atoms with Crippen molar-refractivity contribution in [3.8, 4) is 5.95 Å². The molecule has 0 aliphatic heterocycles. The fourth-order valence-electron chi connectivity index (χ4n) is 2.16. The van der Waals surface area contributed by atoms with Gasteiger partial charge in [0.2, 0.25) is 11.9 Å². The number of anilines is 1. The van der Waals surface area contributed by atoms with Gasteiger partial charge in [-0.25, -0.2) is 4.98 Å². The molecule has 0 fully saturated rings. The molecule has 2 N–H and O–H groups in total. The van der Waals surface area contributed by atoms with E-state index in [2.05, 4.69) is 20.4 Å². The van der Waals surface area contributed by atoms with Crippen molar-refractivity contribution in [3.63, 3.8) is 0 Å². The maximum Gasteiger partial charge on any atom is 0.252 e. The van der Waals surface area contributed by atoms with Crippen LogP contribution in [-0.2, 0) is 11.2 Å². The summed E-state index contributed by atoms with van der Waals surface area (Å²) in [5.41, 5.74) is 1.16. The Kier molecular flexibility index (Phi) is 5.92. The molecule has 23 heavy (non-hydrogen) atoms. The van der Waals surface area contributed by atoms with E-state index in [0.29, 0.717) is 48.3 Å². The second kappa shape index (κ2) is 7.92. The lowest BCUT2D eigenvalue weighted by molar-refractivity contribution is -0.116. The summed E-state index contributed by atoms with van der Waals surface area (Å²) < 4.78 is 1.44. The molecule has 2 heterocycles. The SMILES string of the molecule is CCCc1cc(=O)[nH]c(-n2nc(C)cc2NC(=O)CCCCl)n1. The molecule has 0 atom stereocenters. The van der Waals surface area contributed by atoms with E-state index in [1.807, 2.05) is 6.92 Å². The van der Waals surface area contributed by atoms with Crippen LogP contribution in [0.15, 0.2) is 16.9 Å². The predicted molar refractivity (Wildman–Crippen MR) is 89.3 cm³/mol. The number of rotatable bonds is 7. The van der Waals surface area contributed by atoms with Crippen molar-refractivity contribution < 1.29 is 4.79 Å². The summed E-state index contributed by atoms with van der Waals surface area (Å²) >= 11 is 5.60. The molecule has 0 aromatic carbocycles. The number of nitrogens with zero attached hydrogens (tertiary/aromatic N) is 3. The fourth-order valence-corrected chi connectivity index (χ4v) is 2.29. The maximum absolute atomic E-state index is 11.9. The van der Waals surface area contributed by atoms with E-state index in [1.165, 1.54) is 10.7 Å². The van der Waals surface area contributed by atoms with Gasteiger partial charge in [0.15, 0.2) is 0 Å². The lowest BCUT2D eigenvalue weighted by atomic mass is 10.2. The highest BCUT2D eigenvalue weighted by Crippen LogP contribution is 2.14. The van der Waals surface area contributed by atoms with Crippen LogP contribution in [0.2, 0.25) is 0 Å². The Morgan fingerprint density at radius 3 is 2.91 bits per heavy atom. The highest BCUT2D eigenvalue weighted by atomic mass is 35.5. The van der Waals surface area contributed by atoms with Gasteiger partial charge >= 0.3 is 0 Å². The van der Waals surface area contributed by atoms with Crippen molar-refractivity contribution in [2.24, 2.45) is 0 Å². The van der Waals surface area contributed by atoms with Crippen LogP contribution in [0.4, 0.5) is 5.82 Å². The number of amides is 1. The second-order valence-electron chi connectivity index (χ2n) is 5.23. The number of carbonyl (C=O) groups excluding carboxylic acids is 1. The van der Waals surface area contributed by atoms with E-state index in [-0.39, 0.29) is 11.5 Å². The first-order chi connectivity index (χ1) is 11.0. The molecule has 0 spiro atoms. The second-order valence-corrected chi connectivity index (χ2v) is 5.61. The highest BCUT2D eigenvalue weighted by Gasteiger charge is 2.13. The zero-order chi connectivity index (χ0) is 16.8. The van der Waals surface area contributed by atoms with Gasteiger partial charge in [-0.2, -0.15) is 9.78 Å². The number of aromatic nitrogens is 4. The van der Waals surface area contributed by atoms with Gasteiger partial charge in [0, 0.05) is 30.1 Å². The first-order valence-corrected chi connectivity index (χ1v) is 8.10. The van der Waals surface area contributed by atoms with Gasteiger partial charge in [-0.15, -0.1) is 11.6 Å². The van der Waals surface area contributed by atoms with E-state index in [4.69, 9.17) is 11.6 Å². The third-order valence-corrected chi connectivity index (χ3v) is 3.39. The van der Waals surface area contributed by atoms with Crippen LogP contribution in [0.25, 0.3) is 5.95 Å². The smallest absolute Gasteiger partial charge is 0.252 e. The molecule has 0 unspecified atom stereocenters. The Balaban J connectivity index is 2.33. The summed E-state index contributed by atoms with van der Waals surface area (Å²) in [6.07, 6.45) is 2.51. The predicted octanol–water partition coefficient (Wildman–Crippen LogP) is 2.17. The third kappa shape index (κ3) is 4.66. The van der Waals surface area contributed by atoms with Gasteiger partial charge in [-0.05, 0) is 19.8 Å². The van der Waals surface area contributed by atoms with Crippen molar-refractivity contribution in [1.29, 1.82) is 0 Å². The number of aromatic amines is 1. The number of alkyl halides is 1. The number of H-pyrrole nitrogens is 1. The van der Waals surface area contributed by atoms with Crippen molar-refractivity contribution >= 4 is 23.3 Å². The van der Waals surface area contributed by atoms with Crippen LogP contribution in [0.5, 0.6) is 0 Å². The monoisotopic (exact) mass is 337 g/mol. The Morgan fingerprint density at radius 1 is 1.43 bits per heavy atom. The van der Waals surface area contributed by atoms with E-state index in [9.17, 15) is 9.59 Å². The molecule has 1 amide bonds. The molecule has 2 aromatic heterocycles. The average molecular weight is 338 g/mol. The molecule has 0 bridgehead atoms. The Labute approximate surface area is 139 Å². The zero-order valence-corrected chi connectivity index (χ0v) is 14.0. The summed E-state index contributed by atoms with van der Waals surface area (Å²) in [6, 6.07) is 3.20. The minimum atomic E-state index is -0.244. The number of halogens is 1. The highest BCUT2D eigenvalue weighted by molar-refractivity contribution is 6.18. The molecule has 8 heteroatoms. The number of nitrogens with one attached hydrogen (secondary N) is 2. The van der Waals surface area contributed by atoms with Crippen molar-refractivity contribution in [3.05, 3.63) is 33.9 Å². The number of hydrogen-bond acceptors (Lipinski definition) is 4. The quantitative estimate of drug-likeness (QED) is 0.757. The standard InChI is InChI=1S/C15H20ClN5O2/c1-3-5-11-9-14(23)19-15(17-11)21-12(8-10(2)20-21)18-13(22)6-4-7-16/h8-9H,3-7H2,1-2H3,(H,18,22)(H,17,19,23). The van der Waals surface area contributed by atoms with Crippen LogP contribution in [0, 0.1) is 6.92 Å². The molecule has 0 aliphatic rings. The van der Waals surface area contributed by atoms with Crippen molar-refractivity contribution in [2.75, 3.05) is 11.2 Å². The largest absolute Gasteiger partial charge is 0.310 e. The lowest BCUT2D eigenvalue weighted by Crippen LogP contribution is -2.19. The Hall–Kier alpha value is -2.15. The molecule has 2 rings (SSSR count). The normalized spacial score (nSPS) is 10.7. The van der Waals surface area contributed by atoms with Crippen LogP contribution >= 0.6 is 11.6 Å². The topological polar surface area (TPSA) is 92.7 Å². The van der Waals surface area contributed by atoms with Crippen molar-refractivity contribution in [1.82, 2.24) is 19.7 Å². The van der Waals surface area contributed by atoms with Gasteiger partial charge in [0.1, 0.15) is 5.82 Å². The van der Waals surface area contributed by atoms with E-state index in [1.54, 1.807) is 13.0 Å². The molecular formula is C15H20ClN5O2. The maximum atomic E-state index is 11.9. The molecule has 7 nitrogen and oxygen atoms in total. The first kappa shape index (κ1) is 17.2. The van der Waals surface area contributed by atoms with Crippen LogP contribution in [0.1, 0.15) is 37.6 Å². The van der Waals surface area contributed by atoms with Crippen LogP contribution in [0.3, 0.4) is 0 Å². The van der Waals surface area contributed by atoms with E-state index in [0.717, 1.165) is 6.42 Å². The molecule has 124 valence electrons. The molecule has 0 radical (unpaired) electrons. The van der Waals surface area contributed by atoms with Gasteiger partial charge < -0.3 is 5.32 Å². The third-order valence-electron chi connectivity index (χ3n) is 3.13. The lowest BCUT2D eigenvalue weighted by Gasteiger charge is -2.08. The molecule has 0 saturated heterocycles. The number of carbonyl (C=O) groups is 1. The minimum Gasteiger partial charge on any atom is -0.310 e. The summed E-state index contributed by atoms with van der Waals surface area (Å²) in [4.78, 5) is 30.8. The minimum absolute atomic E-state index is 0.154. The first-order valence-electron chi connectivity index (χ1n) is 7.56. The molecule has 0 saturated carbocycles. The van der Waals surface area contributed by atoms with Gasteiger partial charge in [-0.1, -0.05) is 13.3 Å². The summed E-state index contributed by atoms with van der Waals surface area (Å²) in [7, 11) is 0. The van der Waals surface area contributed by atoms with E-state index >= 15 is 0 Å². The van der Waals surface area contributed by atoms with Gasteiger partial charge in [-0.3, -0.25) is 14.6 Å². The molecule has 0 aliphatic carbocycles. The Bertz CT molecular complexity index is 738. The molecular weight excluding hydrogens is 318 g/mol. The Morgan fingerprint density at radius 2 is 2.22 bits per heavy atom. The summed E-state index contributed by atoms with van der Waals surface area (Å²) in [6.45, 7) is 3.82. The summed E-state index contributed by atoms with van der Waals surface area (Å²) in [5, 5.41) is 7.08. The van der Waals surface area contributed by atoms with Gasteiger partial charge in [0.25, 0.3) is 5.56 Å². The van der Waals surface area contributed by atoms with Crippen LogP contribution < -0.4 is 10.9 Å². The zero-order valence-electron chi connectivity index (χ0n) is 13.2.